The van der Waals surface area contributed by atoms with Crippen LogP contribution in [0.25, 0.3) is 0 Å². The molecule has 0 aliphatic heterocycles. The van der Waals surface area contributed by atoms with E-state index in [1.54, 1.807) is 0 Å². The zero-order valence-corrected chi connectivity index (χ0v) is 10.4. The van der Waals surface area contributed by atoms with Crippen molar-refractivity contribution in [3.05, 3.63) is 33.8 Å². The van der Waals surface area contributed by atoms with Gasteiger partial charge in [0.05, 0.1) is 12.1 Å². The number of likely N-dealkylation sites (N-methyl/N-ethyl adjacent to an activating group) is 1. The van der Waals surface area contributed by atoms with E-state index in [-0.39, 0.29) is 12.1 Å². The minimum Gasteiger partial charge on any atom is -0.394 e. The van der Waals surface area contributed by atoms with Gasteiger partial charge in [-0.2, -0.15) is 0 Å². The number of hydrogen-bond acceptors (Lipinski definition) is 2. The second-order valence-corrected chi connectivity index (χ2v) is 4.67. The predicted molar refractivity (Wildman–Crippen MR) is 62.4 cm³/mol. The van der Waals surface area contributed by atoms with E-state index >= 15 is 0 Å². The highest BCUT2D eigenvalue weighted by Crippen LogP contribution is 2.24. The van der Waals surface area contributed by atoms with Crippen LogP contribution < -0.4 is 5.32 Å². The van der Waals surface area contributed by atoms with Crippen LogP contribution in [0.15, 0.2) is 22.7 Å². The highest BCUT2D eigenvalue weighted by atomic mass is 79.9. The fourth-order valence-corrected chi connectivity index (χ4v) is 1.98. The summed E-state index contributed by atoms with van der Waals surface area (Å²) in [6.07, 6.45) is 0. The minimum atomic E-state index is -0.367. The molecule has 0 spiro atoms. The van der Waals surface area contributed by atoms with Gasteiger partial charge in [-0.05, 0) is 44.2 Å². The summed E-state index contributed by atoms with van der Waals surface area (Å²) in [5.41, 5.74) is 1.91. The molecule has 1 unspecified atom stereocenters. The predicted octanol–water partition coefficient (Wildman–Crippen LogP) is 2.18. The smallest absolute Gasteiger partial charge is 0.0652 e. The first-order valence-corrected chi connectivity index (χ1v) is 5.38. The lowest BCUT2D eigenvalue weighted by atomic mass is 9.92. The third-order valence-electron chi connectivity index (χ3n) is 2.55. The molecule has 3 heteroatoms. The Labute approximate surface area is 93.5 Å². The number of aliphatic hydroxyl groups is 1. The van der Waals surface area contributed by atoms with E-state index in [4.69, 9.17) is 0 Å². The van der Waals surface area contributed by atoms with Crippen LogP contribution in [0.5, 0.6) is 0 Å². The third-order valence-corrected chi connectivity index (χ3v) is 3.01. The van der Waals surface area contributed by atoms with Crippen molar-refractivity contribution in [2.75, 3.05) is 13.7 Å². The molecule has 0 fully saturated rings. The molecular weight excluding hydrogens is 242 g/mol. The van der Waals surface area contributed by atoms with Crippen LogP contribution in [-0.4, -0.2) is 18.8 Å². The van der Waals surface area contributed by atoms with Crippen LogP contribution in [0.1, 0.15) is 18.1 Å². The van der Waals surface area contributed by atoms with Crippen molar-refractivity contribution >= 4 is 15.9 Å². The summed E-state index contributed by atoms with van der Waals surface area (Å²) in [6, 6.07) is 6.16. The third kappa shape index (κ3) is 2.35. The van der Waals surface area contributed by atoms with Crippen LogP contribution in [0.4, 0.5) is 0 Å². The van der Waals surface area contributed by atoms with E-state index < -0.39 is 0 Å². The lowest BCUT2D eigenvalue weighted by molar-refractivity contribution is 0.183. The van der Waals surface area contributed by atoms with Crippen LogP contribution >= 0.6 is 15.9 Å². The van der Waals surface area contributed by atoms with Crippen LogP contribution in [0.3, 0.4) is 0 Å². The van der Waals surface area contributed by atoms with E-state index in [9.17, 15) is 5.11 Å². The zero-order chi connectivity index (χ0) is 10.8. The average Bonchev–Trinajstić information content (AvgIpc) is 2.15. The van der Waals surface area contributed by atoms with Crippen LogP contribution in [-0.2, 0) is 5.54 Å². The molecule has 2 N–H and O–H groups in total. The molecule has 0 aromatic heterocycles. The van der Waals surface area contributed by atoms with Crippen molar-refractivity contribution in [3.63, 3.8) is 0 Å². The maximum Gasteiger partial charge on any atom is 0.0652 e. The van der Waals surface area contributed by atoms with Gasteiger partial charge in [0.15, 0.2) is 0 Å². The molecule has 0 aliphatic rings. The molecule has 2 nitrogen and oxygen atoms in total. The summed E-state index contributed by atoms with van der Waals surface area (Å²) in [5.74, 6) is 0. The molecule has 0 saturated heterocycles. The van der Waals surface area contributed by atoms with Crippen molar-refractivity contribution in [2.45, 2.75) is 19.4 Å². The largest absolute Gasteiger partial charge is 0.394 e. The molecule has 1 aromatic rings. The van der Waals surface area contributed by atoms with Crippen molar-refractivity contribution in [1.82, 2.24) is 5.32 Å². The van der Waals surface area contributed by atoms with Crippen molar-refractivity contribution in [2.24, 2.45) is 0 Å². The highest BCUT2D eigenvalue weighted by molar-refractivity contribution is 9.10. The van der Waals surface area contributed by atoms with Gasteiger partial charge < -0.3 is 10.4 Å². The van der Waals surface area contributed by atoms with Crippen molar-refractivity contribution < 1.29 is 5.11 Å². The van der Waals surface area contributed by atoms with Gasteiger partial charge >= 0.3 is 0 Å². The topological polar surface area (TPSA) is 32.3 Å². The summed E-state index contributed by atoms with van der Waals surface area (Å²) in [5, 5.41) is 12.5. The first-order chi connectivity index (χ1) is 6.51. The second kappa shape index (κ2) is 4.43. The van der Waals surface area contributed by atoms with Gasteiger partial charge in [0.2, 0.25) is 0 Å². The van der Waals surface area contributed by atoms with E-state index in [0.29, 0.717) is 0 Å². The first-order valence-electron chi connectivity index (χ1n) is 4.59. The minimum absolute atomic E-state index is 0.0827. The van der Waals surface area contributed by atoms with E-state index in [1.165, 1.54) is 5.56 Å². The van der Waals surface area contributed by atoms with Gasteiger partial charge in [0.25, 0.3) is 0 Å². The Kier molecular flexibility index (Phi) is 3.70. The Morgan fingerprint density at radius 3 is 2.50 bits per heavy atom. The normalized spacial score (nSPS) is 15.2. The molecule has 0 heterocycles. The second-order valence-electron chi connectivity index (χ2n) is 3.76. The van der Waals surface area contributed by atoms with Crippen molar-refractivity contribution in [1.29, 1.82) is 0 Å². The maximum absolute atomic E-state index is 9.34. The number of rotatable bonds is 3. The molecule has 1 rings (SSSR count). The van der Waals surface area contributed by atoms with Gasteiger partial charge in [-0.1, -0.05) is 22.0 Å². The molecule has 78 valence electrons. The monoisotopic (exact) mass is 257 g/mol. The van der Waals surface area contributed by atoms with Crippen LogP contribution in [0.2, 0.25) is 0 Å². The lowest BCUT2D eigenvalue weighted by Gasteiger charge is -2.28. The summed E-state index contributed by atoms with van der Waals surface area (Å²) in [7, 11) is 1.85. The average molecular weight is 258 g/mol. The van der Waals surface area contributed by atoms with Crippen molar-refractivity contribution in [3.8, 4) is 0 Å². The number of halogens is 1. The van der Waals surface area contributed by atoms with Gasteiger partial charge in [0.1, 0.15) is 0 Å². The quantitative estimate of drug-likeness (QED) is 0.871. The number of hydrogen-bond donors (Lipinski definition) is 2. The highest BCUT2D eigenvalue weighted by Gasteiger charge is 2.23. The number of aryl methyl sites for hydroxylation is 1. The van der Waals surface area contributed by atoms with Gasteiger partial charge in [-0.15, -0.1) is 0 Å². The molecular formula is C11H16BrNO. The van der Waals surface area contributed by atoms with E-state index in [0.717, 1.165) is 10.0 Å². The molecule has 0 saturated carbocycles. The number of nitrogens with one attached hydrogen (secondary N) is 1. The summed E-state index contributed by atoms with van der Waals surface area (Å²) in [6.45, 7) is 4.11. The molecule has 1 atom stereocenters. The Morgan fingerprint density at radius 2 is 2.07 bits per heavy atom. The molecule has 0 radical (unpaired) electrons. The SMILES string of the molecule is CNC(C)(CO)c1cc(C)cc(Br)c1. The van der Waals surface area contributed by atoms with Crippen LogP contribution in [0, 0.1) is 6.92 Å². The molecule has 0 aliphatic carbocycles. The molecule has 0 amide bonds. The standard InChI is InChI=1S/C11H16BrNO/c1-8-4-9(6-10(12)5-8)11(2,7-14)13-3/h4-6,13-14H,7H2,1-3H3. The zero-order valence-electron chi connectivity index (χ0n) is 8.76. The molecule has 1 aromatic carbocycles. The lowest BCUT2D eigenvalue weighted by Crippen LogP contribution is -2.40. The fourth-order valence-electron chi connectivity index (χ4n) is 1.37. The molecule has 0 bridgehead atoms. The Hall–Kier alpha value is -0.380. The molecule has 14 heavy (non-hydrogen) atoms. The van der Waals surface area contributed by atoms with Gasteiger partial charge in [0, 0.05) is 4.47 Å². The van der Waals surface area contributed by atoms with E-state index in [2.05, 4.69) is 33.4 Å². The van der Waals surface area contributed by atoms with Gasteiger partial charge in [-0.25, -0.2) is 0 Å². The Bertz CT molecular complexity index is 301. The number of aliphatic hydroxyl groups excluding tert-OH is 1. The summed E-state index contributed by atoms with van der Waals surface area (Å²) in [4.78, 5) is 0. The van der Waals surface area contributed by atoms with Gasteiger partial charge in [-0.3, -0.25) is 0 Å². The number of benzene rings is 1. The Balaban J connectivity index is 3.17. The van der Waals surface area contributed by atoms with E-state index in [1.807, 2.05) is 27.0 Å². The summed E-state index contributed by atoms with van der Waals surface area (Å²) >= 11 is 3.45. The fraction of sp³-hybridized carbons (Fsp3) is 0.455. The first kappa shape index (κ1) is 11.7. The maximum atomic E-state index is 9.34. The summed E-state index contributed by atoms with van der Waals surface area (Å²) < 4.78 is 1.04. The Morgan fingerprint density at radius 1 is 1.43 bits per heavy atom.